The summed E-state index contributed by atoms with van der Waals surface area (Å²) in [7, 11) is 0. The number of nitrogens with two attached hydrogens (primary N) is 1. The monoisotopic (exact) mass is 363 g/mol. The van der Waals surface area contributed by atoms with Gasteiger partial charge >= 0.3 is 0 Å². The summed E-state index contributed by atoms with van der Waals surface area (Å²) in [5, 5.41) is 16.9. The molecular weight excluding hydrogens is 337 g/mol. The summed E-state index contributed by atoms with van der Waals surface area (Å²) in [6.07, 6.45) is 9.27. The fourth-order valence-electron chi connectivity index (χ4n) is 2.71. The first-order valence-electron chi connectivity index (χ1n) is 9.51. The van der Waals surface area contributed by atoms with Crippen molar-refractivity contribution in [1.29, 1.82) is 10.5 Å². The summed E-state index contributed by atoms with van der Waals surface area (Å²) in [5.41, 5.74) is 8.00. The Bertz CT molecular complexity index is 761. The van der Waals surface area contributed by atoms with Gasteiger partial charge in [0.15, 0.2) is 0 Å². The molecule has 4 rings (SSSR count). The second-order valence-corrected chi connectivity index (χ2v) is 7.12. The van der Waals surface area contributed by atoms with Crippen LogP contribution in [0.5, 0.6) is 0 Å². The van der Waals surface area contributed by atoms with Crippen molar-refractivity contribution in [2.24, 2.45) is 11.7 Å². The molecule has 2 N–H and O–H groups in total. The zero-order valence-corrected chi connectivity index (χ0v) is 15.6. The lowest BCUT2D eigenvalue weighted by Gasteiger charge is -2.25. The third-order valence-corrected chi connectivity index (χ3v) is 4.96. The normalized spacial score (nSPS) is 15.4. The van der Waals surface area contributed by atoms with Crippen LogP contribution in [0.1, 0.15) is 55.2 Å². The van der Waals surface area contributed by atoms with Crippen LogP contribution in [-0.2, 0) is 6.42 Å². The Morgan fingerprint density at radius 2 is 1.26 bits per heavy atom. The van der Waals surface area contributed by atoms with Crippen molar-refractivity contribution < 1.29 is 4.39 Å². The van der Waals surface area contributed by atoms with E-state index in [1.165, 1.54) is 74.8 Å². The van der Waals surface area contributed by atoms with Gasteiger partial charge in [-0.05, 0) is 67.1 Å². The first kappa shape index (κ1) is 20.6. The summed E-state index contributed by atoms with van der Waals surface area (Å²) < 4.78 is 12.1. The topological polar surface area (TPSA) is 73.6 Å². The van der Waals surface area contributed by atoms with Gasteiger partial charge in [-0.25, -0.2) is 4.39 Å². The summed E-state index contributed by atoms with van der Waals surface area (Å²) >= 11 is 0. The predicted octanol–water partition coefficient (Wildman–Crippen LogP) is 5.10. The molecule has 0 unspecified atom stereocenters. The number of halogens is 1. The molecule has 0 radical (unpaired) electrons. The molecule has 3 nitrogen and oxygen atoms in total. The summed E-state index contributed by atoms with van der Waals surface area (Å²) in [6, 6.07) is 18.0. The number of benzene rings is 2. The second-order valence-electron chi connectivity index (χ2n) is 7.12. The van der Waals surface area contributed by atoms with Crippen molar-refractivity contribution in [3.05, 3.63) is 71.0 Å². The van der Waals surface area contributed by atoms with E-state index < -0.39 is 0 Å². The first-order valence-corrected chi connectivity index (χ1v) is 9.51. The van der Waals surface area contributed by atoms with Crippen LogP contribution in [0.2, 0.25) is 0 Å². The van der Waals surface area contributed by atoms with Crippen LogP contribution in [0, 0.1) is 34.4 Å². The SMILES string of the molecule is N#Cc1ccc(CC2CCC2)cc1.N#Cc1ccc(F)cc1.NC1CCC1. The van der Waals surface area contributed by atoms with Crippen molar-refractivity contribution in [3.63, 3.8) is 0 Å². The van der Waals surface area contributed by atoms with Gasteiger partial charge in [0.2, 0.25) is 0 Å². The lowest BCUT2D eigenvalue weighted by atomic mass is 9.81. The number of nitrogens with zero attached hydrogens (tertiary/aromatic N) is 2. The molecular formula is C23H26FN3. The molecule has 0 bridgehead atoms. The van der Waals surface area contributed by atoms with E-state index in [4.69, 9.17) is 16.3 Å². The van der Waals surface area contributed by atoms with Gasteiger partial charge in [0.05, 0.1) is 23.3 Å². The van der Waals surface area contributed by atoms with Crippen LogP contribution in [-0.4, -0.2) is 6.04 Å². The van der Waals surface area contributed by atoms with Gasteiger partial charge in [-0.15, -0.1) is 0 Å². The Morgan fingerprint density at radius 1 is 0.815 bits per heavy atom. The van der Waals surface area contributed by atoms with E-state index in [-0.39, 0.29) is 5.82 Å². The molecule has 0 aromatic heterocycles. The van der Waals surface area contributed by atoms with Crippen molar-refractivity contribution in [2.45, 2.75) is 51.0 Å². The molecule has 4 heteroatoms. The van der Waals surface area contributed by atoms with Crippen LogP contribution in [0.15, 0.2) is 48.5 Å². The van der Waals surface area contributed by atoms with E-state index in [0.717, 1.165) is 11.5 Å². The zero-order chi connectivity index (χ0) is 19.5. The van der Waals surface area contributed by atoms with E-state index in [1.807, 2.05) is 18.2 Å². The van der Waals surface area contributed by atoms with Crippen LogP contribution >= 0.6 is 0 Å². The maximum atomic E-state index is 12.1. The summed E-state index contributed by atoms with van der Waals surface area (Å²) in [4.78, 5) is 0. The Balaban J connectivity index is 0.000000161. The zero-order valence-electron chi connectivity index (χ0n) is 15.6. The van der Waals surface area contributed by atoms with E-state index in [0.29, 0.717) is 11.6 Å². The first-order chi connectivity index (χ1) is 13.1. The van der Waals surface area contributed by atoms with E-state index in [9.17, 15) is 4.39 Å². The Hall–Kier alpha value is -2.69. The van der Waals surface area contributed by atoms with Gasteiger partial charge < -0.3 is 5.73 Å². The molecule has 2 aromatic rings. The molecule has 0 amide bonds. The maximum absolute atomic E-state index is 12.1. The highest BCUT2D eigenvalue weighted by atomic mass is 19.1. The average molecular weight is 363 g/mol. The molecule has 2 saturated carbocycles. The van der Waals surface area contributed by atoms with Crippen LogP contribution in [0.3, 0.4) is 0 Å². The summed E-state index contributed by atoms with van der Waals surface area (Å²) in [5.74, 6) is 0.599. The molecule has 0 saturated heterocycles. The van der Waals surface area contributed by atoms with Gasteiger partial charge in [0.1, 0.15) is 5.82 Å². The Labute approximate surface area is 161 Å². The minimum Gasteiger partial charge on any atom is -0.328 e. The van der Waals surface area contributed by atoms with Crippen molar-refractivity contribution in [1.82, 2.24) is 0 Å². The fraction of sp³-hybridized carbons (Fsp3) is 0.391. The molecule has 27 heavy (non-hydrogen) atoms. The number of hydrogen-bond donors (Lipinski definition) is 1. The fourth-order valence-corrected chi connectivity index (χ4v) is 2.71. The molecule has 0 aliphatic heterocycles. The van der Waals surface area contributed by atoms with Crippen molar-refractivity contribution in [2.75, 3.05) is 0 Å². The molecule has 2 aliphatic rings. The molecule has 0 spiro atoms. The quantitative estimate of drug-likeness (QED) is 0.807. The molecule has 2 aliphatic carbocycles. The summed E-state index contributed by atoms with van der Waals surface area (Å²) in [6.45, 7) is 0. The van der Waals surface area contributed by atoms with Crippen molar-refractivity contribution >= 4 is 0 Å². The van der Waals surface area contributed by atoms with Crippen LogP contribution in [0.4, 0.5) is 4.39 Å². The van der Waals surface area contributed by atoms with Gasteiger partial charge in [-0.3, -0.25) is 0 Å². The number of rotatable bonds is 2. The molecule has 0 atom stereocenters. The number of nitriles is 2. The standard InChI is InChI=1S/C12H13N.C7H4FN.C4H9N/c13-9-12-6-4-11(5-7-12)8-10-2-1-3-10;8-7-3-1-6(5-9)2-4-7;5-4-2-1-3-4/h4-7,10H,1-3,8H2;1-4H;4H,1-3,5H2. The van der Waals surface area contributed by atoms with Gasteiger partial charge in [0.25, 0.3) is 0 Å². The smallest absolute Gasteiger partial charge is 0.123 e. The van der Waals surface area contributed by atoms with Gasteiger partial charge in [-0.1, -0.05) is 37.8 Å². The molecule has 2 fully saturated rings. The highest BCUT2D eigenvalue weighted by molar-refractivity contribution is 5.31. The minimum atomic E-state index is -0.311. The van der Waals surface area contributed by atoms with Crippen molar-refractivity contribution in [3.8, 4) is 12.1 Å². The highest BCUT2D eigenvalue weighted by Crippen LogP contribution is 2.29. The van der Waals surface area contributed by atoms with E-state index in [1.54, 1.807) is 0 Å². The minimum absolute atomic E-state index is 0.311. The largest absolute Gasteiger partial charge is 0.328 e. The Morgan fingerprint density at radius 3 is 1.59 bits per heavy atom. The Kier molecular flexibility index (Phi) is 8.49. The maximum Gasteiger partial charge on any atom is 0.123 e. The molecule has 140 valence electrons. The third kappa shape index (κ3) is 7.60. The third-order valence-electron chi connectivity index (χ3n) is 4.96. The van der Waals surface area contributed by atoms with Crippen LogP contribution in [0.25, 0.3) is 0 Å². The average Bonchev–Trinajstić information content (AvgIpc) is 2.65. The second kappa shape index (κ2) is 11.1. The van der Waals surface area contributed by atoms with Gasteiger partial charge in [0, 0.05) is 6.04 Å². The molecule has 2 aromatic carbocycles. The number of hydrogen-bond acceptors (Lipinski definition) is 3. The lowest BCUT2D eigenvalue weighted by molar-refractivity contribution is 0.314. The highest BCUT2D eigenvalue weighted by Gasteiger charge is 2.17. The van der Waals surface area contributed by atoms with Gasteiger partial charge in [-0.2, -0.15) is 10.5 Å². The van der Waals surface area contributed by atoms with E-state index >= 15 is 0 Å². The molecule has 0 heterocycles. The van der Waals surface area contributed by atoms with E-state index in [2.05, 4.69) is 18.2 Å². The lowest BCUT2D eigenvalue weighted by Crippen LogP contribution is -2.27. The predicted molar refractivity (Wildman–Crippen MR) is 105 cm³/mol. The van der Waals surface area contributed by atoms with Crippen LogP contribution < -0.4 is 5.73 Å².